The van der Waals surface area contributed by atoms with Gasteiger partial charge in [-0.05, 0) is 29.9 Å². The summed E-state index contributed by atoms with van der Waals surface area (Å²) in [5, 5.41) is 0. The van der Waals surface area contributed by atoms with Crippen LogP contribution in [0.25, 0.3) is 0 Å². The number of carbonyl (C=O) groups is 1. The van der Waals surface area contributed by atoms with Crippen LogP contribution >= 0.6 is 0 Å². The maximum absolute atomic E-state index is 10.6. The SMILES string of the molecule is CC(=O)OCCCc1cccc(C(C)C)c1. The standard InChI is InChI=1S/C14H20O2/c1-11(2)14-8-4-6-13(10-14)7-5-9-16-12(3)15/h4,6,8,10-11H,5,7,9H2,1-3H3. The lowest BCUT2D eigenvalue weighted by Crippen LogP contribution is -2.01. The number of hydrogen-bond donors (Lipinski definition) is 0. The molecule has 0 N–H and O–H groups in total. The summed E-state index contributed by atoms with van der Waals surface area (Å²) in [6, 6.07) is 8.61. The van der Waals surface area contributed by atoms with Gasteiger partial charge in [0.05, 0.1) is 6.61 Å². The molecule has 88 valence electrons. The normalized spacial score (nSPS) is 10.5. The summed E-state index contributed by atoms with van der Waals surface area (Å²) >= 11 is 0. The van der Waals surface area contributed by atoms with Crippen LogP contribution in [-0.4, -0.2) is 12.6 Å². The molecule has 0 aliphatic rings. The van der Waals surface area contributed by atoms with Gasteiger partial charge in [-0.1, -0.05) is 38.1 Å². The lowest BCUT2D eigenvalue weighted by Gasteiger charge is -2.08. The molecule has 1 rings (SSSR count). The van der Waals surface area contributed by atoms with E-state index in [1.807, 2.05) is 0 Å². The highest BCUT2D eigenvalue weighted by Crippen LogP contribution is 2.16. The van der Waals surface area contributed by atoms with Crippen LogP contribution in [0.15, 0.2) is 24.3 Å². The summed E-state index contributed by atoms with van der Waals surface area (Å²) in [6.07, 6.45) is 1.86. The van der Waals surface area contributed by atoms with Crippen molar-refractivity contribution in [3.63, 3.8) is 0 Å². The predicted octanol–water partition coefficient (Wildman–Crippen LogP) is 3.31. The molecule has 0 aromatic heterocycles. The number of carbonyl (C=O) groups excluding carboxylic acids is 1. The Balaban J connectivity index is 2.42. The topological polar surface area (TPSA) is 26.3 Å². The van der Waals surface area contributed by atoms with Crippen LogP contribution in [-0.2, 0) is 16.0 Å². The van der Waals surface area contributed by atoms with Crippen LogP contribution in [0.5, 0.6) is 0 Å². The van der Waals surface area contributed by atoms with Crippen molar-refractivity contribution in [3.05, 3.63) is 35.4 Å². The van der Waals surface area contributed by atoms with E-state index >= 15 is 0 Å². The smallest absolute Gasteiger partial charge is 0.302 e. The zero-order chi connectivity index (χ0) is 12.0. The molecule has 0 radical (unpaired) electrons. The van der Waals surface area contributed by atoms with Gasteiger partial charge in [0.25, 0.3) is 0 Å². The maximum atomic E-state index is 10.6. The summed E-state index contributed by atoms with van der Waals surface area (Å²) in [7, 11) is 0. The first-order chi connectivity index (χ1) is 7.59. The second kappa shape index (κ2) is 6.31. The molecule has 0 atom stereocenters. The minimum absolute atomic E-state index is 0.198. The number of aryl methyl sites for hydroxylation is 1. The highest BCUT2D eigenvalue weighted by molar-refractivity contribution is 5.65. The molecule has 0 bridgehead atoms. The second-order valence-corrected chi connectivity index (χ2v) is 4.34. The Morgan fingerprint density at radius 2 is 2.12 bits per heavy atom. The number of esters is 1. The van der Waals surface area contributed by atoms with Crippen molar-refractivity contribution in [2.45, 2.75) is 39.5 Å². The average molecular weight is 220 g/mol. The van der Waals surface area contributed by atoms with Gasteiger partial charge in [0.15, 0.2) is 0 Å². The van der Waals surface area contributed by atoms with E-state index in [9.17, 15) is 4.79 Å². The van der Waals surface area contributed by atoms with E-state index in [-0.39, 0.29) is 5.97 Å². The van der Waals surface area contributed by atoms with E-state index in [1.54, 1.807) is 0 Å². The van der Waals surface area contributed by atoms with Crippen molar-refractivity contribution >= 4 is 5.97 Å². The highest BCUT2D eigenvalue weighted by Gasteiger charge is 2.00. The first-order valence-corrected chi connectivity index (χ1v) is 5.82. The molecule has 16 heavy (non-hydrogen) atoms. The molecule has 0 saturated heterocycles. The van der Waals surface area contributed by atoms with Crippen molar-refractivity contribution in [1.29, 1.82) is 0 Å². The number of ether oxygens (including phenoxy) is 1. The van der Waals surface area contributed by atoms with Crippen LogP contribution in [0.4, 0.5) is 0 Å². The highest BCUT2D eigenvalue weighted by atomic mass is 16.5. The third-order valence-corrected chi connectivity index (χ3v) is 2.53. The molecular weight excluding hydrogens is 200 g/mol. The fourth-order valence-corrected chi connectivity index (χ4v) is 1.60. The molecule has 2 nitrogen and oxygen atoms in total. The van der Waals surface area contributed by atoms with Gasteiger partial charge in [0, 0.05) is 6.92 Å². The van der Waals surface area contributed by atoms with Gasteiger partial charge in [0.1, 0.15) is 0 Å². The minimum Gasteiger partial charge on any atom is -0.466 e. The second-order valence-electron chi connectivity index (χ2n) is 4.34. The van der Waals surface area contributed by atoms with Gasteiger partial charge in [-0.15, -0.1) is 0 Å². The number of benzene rings is 1. The third-order valence-electron chi connectivity index (χ3n) is 2.53. The summed E-state index contributed by atoms with van der Waals surface area (Å²) in [6.45, 7) is 6.34. The summed E-state index contributed by atoms with van der Waals surface area (Å²) < 4.78 is 4.90. The number of hydrogen-bond acceptors (Lipinski definition) is 2. The van der Waals surface area contributed by atoms with Gasteiger partial charge in [-0.3, -0.25) is 4.79 Å². The molecule has 0 amide bonds. The Kier molecular flexibility index (Phi) is 5.03. The molecule has 0 fully saturated rings. The van der Waals surface area contributed by atoms with E-state index in [2.05, 4.69) is 38.1 Å². The molecule has 0 aliphatic heterocycles. The zero-order valence-electron chi connectivity index (χ0n) is 10.3. The quantitative estimate of drug-likeness (QED) is 0.562. The van der Waals surface area contributed by atoms with E-state index in [1.165, 1.54) is 18.1 Å². The average Bonchev–Trinajstić information content (AvgIpc) is 2.24. The molecule has 0 aliphatic carbocycles. The van der Waals surface area contributed by atoms with Gasteiger partial charge in [-0.25, -0.2) is 0 Å². The third kappa shape index (κ3) is 4.47. The van der Waals surface area contributed by atoms with Crippen molar-refractivity contribution in [1.82, 2.24) is 0 Å². The van der Waals surface area contributed by atoms with E-state index in [0.29, 0.717) is 12.5 Å². The van der Waals surface area contributed by atoms with E-state index in [0.717, 1.165) is 12.8 Å². The van der Waals surface area contributed by atoms with Crippen molar-refractivity contribution < 1.29 is 9.53 Å². The Hall–Kier alpha value is -1.31. The summed E-state index contributed by atoms with van der Waals surface area (Å²) in [5.41, 5.74) is 2.68. The molecule has 0 heterocycles. The van der Waals surface area contributed by atoms with Crippen LogP contribution < -0.4 is 0 Å². The van der Waals surface area contributed by atoms with Crippen molar-refractivity contribution in [3.8, 4) is 0 Å². The molecule has 0 unspecified atom stereocenters. The first-order valence-electron chi connectivity index (χ1n) is 5.82. The summed E-state index contributed by atoms with van der Waals surface area (Å²) in [4.78, 5) is 10.6. The van der Waals surface area contributed by atoms with E-state index < -0.39 is 0 Å². The first kappa shape index (κ1) is 12.8. The number of rotatable bonds is 5. The van der Waals surface area contributed by atoms with Crippen LogP contribution in [0.2, 0.25) is 0 Å². The Morgan fingerprint density at radius 1 is 1.38 bits per heavy atom. The lowest BCUT2D eigenvalue weighted by atomic mass is 9.99. The maximum Gasteiger partial charge on any atom is 0.302 e. The molecule has 1 aromatic carbocycles. The van der Waals surface area contributed by atoms with Gasteiger partial charge in [0.2, 0.25) is 0 Å². The molecule has 0 saturated carbocycles. The van der Waals surface area contributed by atoms with E-state index in [4.69, 9.17) is 4.74 Å². The van der Waals surface area contributed by atoms with Gasteiger partial charge >= 0.3 is 5.97 Å². The van der Waals surface area contributed by atoms with Crippen LogP contribution in [0, 0.1) is 0 Å². The van der Waals surface area contributed by atoms with Crippen LogP contribution in [0.3, 0.4) is 0 Å². The Labute approximate surface area is 97.6 Å². The van der Waals surface area contributed by atoms with Gasteiger partial charge in [-0.2, -0.15) is 0 Å². The molecule has 1 aromatic rings. The zero-order valence-corrected chi connectivity index (χ0v) is 10.3. The largest absolute Gasteiger partial charge is 0.466 e. The summed E-state index contributed by atoms with van der Waals surface area (Å²) in [5.74, 6) is 0.365. The molecule has 2 heteroatoms. The Morgan fingerprint density at radius 3 is 2.75 bits per heavy atom. The molecule has 0 spiro atoms. The fourth-order valence-electron chi connectivity index (χ4n) is 1.60. The lowest BCUT2D eigenvalue weighted by molar-refractivity contribution is -0.141. The van der Waals surface area contributed by atoms with Gasteiger partial charge < -0.3 is 4.74 Å². The minimum atomic E-state index is -0.198. The monoisotopic (exact) mass is 220 g/mol. The van der Waals surface area contributed by atoms with Crippen LogP contribution in [0.1, 0.15) is 44.2 Å². The van der Waals surface area contributed by atoms with Crippen molar-refractivity contribution in [2.75, 3.05) is 6.61 Å². The predicted molar refractivity (Wildman–Crippen MR) is 65.5 cm³/mol. The molecular formula is C14H20O2. The van der Waals surface area contributed by atoms with Crippen molar-refractivity contribution in [2.24, 2.45) is 0 Å². The fraction of sp³-hybridized carbons (Fsp3) is 0.500. The Bertz CT molecular complexity index is 342.